The number of allylic oxidation sites excluding steroid dienone is 1. The second-order valence-corrected chi connectivity index (χ2v) is 7.04. The van der Waals surface area contributed by atoms with Crippen LogP contribution in [0.3, 0.4) is 0 Å². The van der Waals surface area contributed by atoms with E-state index in [0.29, 0.717) is 11.3 Å². The van der Waals surface area contributed by atoms with Crippen LogP contribution < -0.4 is 4.31 Å². The van der Waals surface area contributed by atoms with Gasteiger partial charge in [0.1, 0.15) is 0 Å². The van der Waals surface area contributed by atoms with Crippen molar-refractivity contribution in [2.75, 3.05) is 24.2 Å². The molecule has 0 aliphatic rings. The summed E-state index contributed by atoms with van der Waals surface area (Å²) in [5.41, 5.74) is 1.57. The molecular weight excluding hydrogens is 306 g/mol. The fourth-order valence-electron chi connectivity index (χ4n) is 1.55. The van der Waals surface area contributed by atoms with Crippen LogP contribution >= 0.6 is 0 Å². The van der Waals surface area contributed by atoms with Crippen molar-refractivity contribution in [3.05, 3.63) is 41.5 Å². The second-order valence-electron chi connectivity index (χ2n) is 5.03. The Morgan fingerprint density at radius 2 is 1.73 bits per heavy atom. The lowest BCUT2D eigenvalue weighted by Crippen LogP contribution is -2.24. The monoisotopic (exact) mass is 325 g/mol. The van der Waals surface area contributed by atoms with Gasteiger partial charge >= 0.3 is 5.97 Å². The molecule has 1 aromatic rings. The molecular formula is C15H19NO5S. The number of ketones is 1. The van der Waals surface area contributed by atoms with Crippen LogP contribution in [0.15, 0.2) is 35.9 Å². The lowest BCUT2D eigenvalue weighted by Gasteiger charge is -2.16. The van der Waals surface area contributed by atoms with Crippen molar-refractivity contribution in [3.8, 4) is 0 Å². The van der Waals surface area contributed by atoms with Crippen molar-refractivity contribution in [1.82, 2.24) is 0 Å². The third-order valence-corrected chi connectivity index (χ3v) is 4.01. The Morgan fingerprint density at radius 1 is 1.18 bits per heavy atom. The number of anilines is 1. The van der Waals surface area contributed by atoms with E-state index >= 15 is 0 Å². The average Bonchev–Trinajstić information content (AvgIpc) is 2.42. The van der Waals surface area contributed by atoms with Crippen LogP contribution in [-0.4, -0.2) is 40.1 Å². The number of hydrogen-bond donors (Lipinski definition) is 0. The van der Waals surface area contributed by atoms with Crippen molar-refractivity contribution in [1.29, 1.82) is 0 Å². The van der Waals surface area contributed by atoms with Crippen LogP contribution in [0.1, 0.15) is 24.2 Å². The Morgan fingerprint density at radius 3 is 2.18 bits per heavy atom. The summed E-state index contributed by atoms with van der Waals surface area (Å²) in [5.74, 6) is -0.925. The quantitative estimate of drug-likeness (QED) is 0.452. The molecule has 120 valence electrons. The molecule has 7 heteroatoms. The Labute approximate surface area is 130 Å². The summed E-state index contributed by atoms with van der Waals surface area (Å²) in [5, 5.41) is 0. The smallest absolute Gasteiger partial charge is 0.331 e. The molecule has 0 fully saturated rings. The molecule has 0 heterocycles. The largest absolute Gasteiger partial charge is 0.454 e. The Bertz CT molecular complexity index is 685. The summed E-state index contributed by atoms with van der Waals surface area (Å²) in [4.78, 5) is 23.2. The fraction of sp³-hybridized carbons (Fsp3) is 0.333. The molecule has 22 heavy (non-hydrogen) atoms. The molecule has 0 aliphatic heterocycles. The maximum atomic E-state index is 11.9. The van der Waals surface area contributed by atoms with Crippen molar-refractivity contribution < 1.29 is 22.7 Å². The Hall–Kier alpha value is -2.15. The summed E-state index contributed by atoms with van der Waals surface area (Å²) in [7, 11) is -1.93. The molecule has 0 saturated carbocycles. The first kappa shape index (κ1) is 17.9. The average molecular weight is 325 g/mol. The number of benzene rings is 1. The van der Waals surface area contributed by atoms with E-state index in [1.807, 2.05) is 0 Å². The summed E-state index contributed by atoms with van der Waals surface area (Å²) < 4.78 is 28.8. The normalized spacial score (nSPS) is 10.7. The molecule has 0 aromatic heterocycles. The van der Waals surface area contributed by atoms with Gasteiger partial charge < -0.3 is 4.74 Å². The van der Waals surface area contributed by atoms with Gasteiger partial charge in [-0.2, -0.15) is 0 Å². The molecule has 1 rings (SSSR count). The molecule has 0 aliphatic carbocycles. The van der Waals surface area contributed by atoms with Gasteiger partial charge in [0.05, 0.1) is 11.9 Å². The lowest BCUT2D eigenvalue weighted by molar-refractivity contribution is -0.136. The summed E-state index contributed by atoms with van der Waals surface area (Å²) in [6, 6.07) is 6.03. The van der Waals surface area contributed by atoms with Gasteiger partial charge in [0.15, 0.2) is 12.4 Å². The minimum atomic E-state index is -3.35. The van der Waals surface area contributed by atoms with Gasteiger partial charge in [0, 0.05) is 18.7 Å². The van der Waals surface area contributed by atoms with Gasteiger partial charge in [-0.15, -0.1) is 0 Å². The van der Waals surface area contributed by atoms with E-state index in [9.17, 15) is 18.0 Å². The third kappa shape index (κ3) is 5.33. The van der Waals surface area contributed by atoms with Gasteiger partial charge in [-0.25, -0.2) is 13.2 Å². The van der Waals surface area contributed by atoms with E-state index in [2.05, 4.69) is 0 Å². The van der Waals surface area contributed by atoms with Gasteiger partial charge in [-0.1, -0.05) is 5.57 Å². The molecule has 1 aromatic carbocycles. The van der Waals surface area contributed by atoms with Crippen molar-refractivity contribution in [3.63, 3.8) is 0 Å². The molecule has 0 atom stereocenters. The number of sulfonamides is 1. The number of rotatable bonds is 6. The maximum Gasteiger partial charge on any atom is 0.331 e. The van der Waals surface area contributed by atoms with Crippen molar-refractivity contribution in [2.24, 2.45) is 0 Å². The zero-order chi connectivity index (χ0) is 16.9. The van der Waals surface area contributed by atoms with Crippen LogP contribution in [0, 0.1) is 0 Å². The number of carbonyl (C=O) groups excluding carboxylic acids is 2. The van der Waals surface area contributed by atoms with E-state index < -0.39 is 16.0 Å². The van der Waals surface area contributed by atoms with E-state index in [-0.39, 0.29) is 12.4 Å². The molecule has 0 bridgehead atoms. The highest BCUT2D eigenvalue weighted by atomic mass is 32.2. The second kappa shape index (κ2) is 7.22. The van der Waals surface area contributed by atoms with Gasteiger partial charge in [-0.05, 0) is 38.1 Å². The predicted octanol–water partition coefficient (Wildman–Crippen LogP) is 1.77. The number of carbonyl (C=O) groups is 2. The number of ether oxygens (including phenoxy) is 1. The maximum absolute atomic E-state index is 11.9. The minimum absolute atomic E-state index is 0.343. The molecule has 0 unspecified atom stereocenters. The minimum Gasteiger partial charge on any atom is -0.454 e. The van der Waals surface area contributed by atoms with E-state index in [4.69, 9.17) is 4.74 Å². The topological polar surface area (TPSA) is 80.8 Å². The summed E-state index contributed by atoms with van der Waals surface area (Å²) in [6.07, 6.45) is 2.40. The van der Waals surface area contributed by atoms with E-state index in [0.717, 1.165) is 16.1 Å². The number of Topliss-reactive ketones (excluding diaryl/α,β-unsaturated/α-hetero) is 1. The zero-order valence-corrected chi connectivity index (χ0v) is 13.8. The van der Waals surface area contributed by atoms with Crippen molar-refractivity contribution >= 4 is 27.5 Å². The first-order chi connectivity index (χ1) is 10.1. The standard InChI is InChI=1S/C15H19NO5S/c1-11(2)9-15(18)21-10-14(17)12-5-7-13(8-6-12)16(3)22(4,19)20/h5-9H,10H2,1-4H3. The van der Waals surface area contributed by atoms with Crippen LogP contribution in [-0.2, 0) is 19.6 Å². The van der Waals surface area contributed by atoms with Crippen molar-refractivity contribution in [2.45, 2.75) is 13.8 Å². The van der Waals surface area contributed by atoms with Gasteiger partial charge in [-0.3, -0.25) is 9.10 Å². The molecule has 6 nitrogen and oxygen atoms in total. The molecule has 0 saturated heterocycles. The Kier molecular flexibility index (Phi) is 5.87. The summed E-state index contributed by atoms with van der Waals surface area (Å²) >= 11 is 0. The first-order valence-electron chi connectivity index (χ1n) is 6.50. The van der Waals surface area contributed by atoms with E-state index in [1.165, 1.54) is 37.4 Å². The highest BCUT2D eigenvalue weighted by molar-refractivity contribution is 7.92. The molecule has 0 radical (unpaired) electrons. The molecule has 0 spiro atoms. The van der Waals surface area contributed by atoms with Crippen LogP contribution in [0.5, 0.6) is 0 Å². The summed E-state index contributed by atoms with van der Waals surface area (Å²) in [6.45, 7) is 3.14. The lowest BCUT2D eigenvalue weighted by atomic mass is 10.1. The van der Waals surface area contributed by atoms with E-state index in [1.54, 1.807) is 13.8 Å². The van der Waals surface area contributed by atoms with Gasteiger partial charge in [0.2, 0.25) is 10.0 Å². The number of hydrogen-bond acceptors (Lipinski definition) is 5. The van der Waals surface area contributed by atoms with Crippen LogP contribution in [0.2, 0.25) is 0 Å². The predicted molar refractivity (Wildman–Crippen MR) is 84.4 cm³/mol. The first-order valence-corrected chi connectivity index (χ1v) is 8.35. The highest BCUT2D eigenvalue weighted by Crippen LogP contribution is 2.16. The fourth-order valence-corrected chi connectivity index (χ4v) is 2.05. The number of esters is 1. The van der Waals surface area contributed by atoms with Crippen LogP contribution in [0.4, 0.5) is 5.69 Å². The molecule has 0 amide bonds. The number of nitrogens with zero attached hydrogens (tertiary/aromatic N) is 1. The third-order valence-electron chi connectivity index (χ3n) is 2.80. The SMILES string of the molecule is CC(C)=CC(=O)OCC(=O)c1ccc(N(C)S(C)(=O)=O)cc1. The van der Waals surface area contributed by atoms with Gasteiger partial charge in [0.25, 0.3) is 0 Å². The molecule has 0 N–H and O–H groups in total. The Balaban J connectivity index is 2.73. The van der Waals surface area contributed by atoms with Crippen LogP contribution in [0.25, 0.3) is 0 Å². The highest BCUT2D eigenvalue weighted by Gasteiger charge is 2.13. The zero-order valence-electron chi connectivity index (χ0n) is 13.0.